The normalized spacial score (nSPS) is 14.6. The molecule has 1 aliphatic rings. The van der Waals surface area contributed by atoms with Gasteiger partial charge in [0.25, 0.3) is 0 Å². The summed E-state index contributed by atoms with van der Waals surface area (Å²) in [6.07, 6.45) is 8.48. The number of rotatable bonds is 6. The van der Waals surface area contributed by atoms with Crippen LogP contribution >= 0.6 is 0 Å². The Bertz CT molecular complexity index is 814. The van der Waals surface area contributed by atoms with E-state index in [4.69, 9.17) is 0 Å². The van der Waals surface area contributed by atoms with Gasteiger partial charge in [-0.3, -0.25) is 13.9 Å². The molecule has 1 N–H and O–H groups in total. The summed E-state index contributed by atoms with van der Waals surface area (Å²) in [6.45, 7) is 1.10. The predicted molar refractivity (Wildman–Crippen MR) is 96.0 cm³/mol. The number of amides is 1. The van der Waals surface area contributed by atoms with Gasteiger partial charge in [-0.25, -0.2) is 4.79 Å². The molecule has 0 atom stereocenters. The number of aromatic nitrogens is 2. The van der Waals surface area contributed by atoms with Crippen LogP contribution in [-0.2, 0) is 18.4 Å². The Kier molecular flexibility index (Phi) is 5.18. The highest BCUT2D eigenvalue weighted by Gasteiger charge is 2.11. The molecule has 0 spiro atoms. The Hall–Kier alpha value is -2.30. The number of hydrogen-bond acceptors (Lipinski definition) is 2. The van der Waals surface area contributed by atoms with Crippen molar-refractivity contribution in [1.82, 2.24) is 14.5 Å². The number of nitrogens with one attached hydrogen (secondary N) is 1. The molecule has 0 saturated carbocycles. The topological polar surface area (TPSA) is 56.0 Å². The van der Waals surface area contributed by atoms with E-state index >= 15 is 0 Å². The van der Waals surface area contributed by atoms with Crippen LogP contribution in [0.25, 0.3) is 11.0 Å². The first-order valence-electron chi connectivity index (χ1n) is 8.75. The van der Waals surface area contributed by atoms with E-state index in [9.17, 15) is 9.59 Å². The van der Waals surface area contributed by atoms with Crippen LogP contribution in [0.1, 0.15) is 38.5 Å². The number of nitrogens with zero attached hydrogens (tertiary/aromatic N) is 2. The van der Waals surface area contributed by atoms with Crippen molar-refractivity contribution in [2.24, 2.45) is 7.05 Å². The van der Waals surface area contributed by atoms with Gasteiger partial charge in [-0.1, -0.05) is 23.8 Å². The summed E-state index contributed by atoms with van der Waals surface area (Å²) in [6, 6.07) is 7.67. The molecule has 0 radical (unpaired) electrons. The molecule has 1 aliphatic carbocycles. The average Bonchev–Trinajstić information content (AvgIpc) is 2.85. The van der Waals surface area contributed by atoms with Gasteiger partial charge >= 0.3 is 5.69 Å². The molecule has 5 heteroatoms. The zero-order valence-corrected chi connectivity index (χ0v) is 14.3. The Labute approximate surface area is 142 Å². The zero-order chi connectivity index (χ0) is 16.9. The molecule has 0 bridgehead atoms. The summed E-state index contributed by atoms with van der Waals surface area (Å²) in [5.41, 5.74) is 3.17. The van der Waals surface area contributed by atoms with Crippen molar-refractivity contribution in [3.05, 3.63) is 46.4 Å². The Morgan fingerprint density at radius 3 is 2.75 bits per heavy atom. The summed E-state index contributed by atoms with van der Waals surface area (Å²) in [7, 11) is 1.76. The molecule has 128 valence electrons. The Morgan fingerprint density at radius 2 is 2.00 bits per heavy atom. The smallest absolute Gasteiger partial charge is 0.328 e. The lowest BCUT2D eigenvalue weighted by Gasteiger charge is -2.13. The predicted octanol–water partition coefficient (Wildman–Crippen LogP) is 2.74. The van der Waals surface area contributed by atoms with Gasteiger partial charge in [0.15, 0.2) is 0 Å². The summed E-state index contributed by atoms with van der Waals surface area (Å²) in [5, 5.41) is 2.97. The van der Waals surface area contributed by atoms with E-state index in [2.05, 4.69) is 11.4 Å². The fourth-order valence-electron chi connectivity index (χ4n) is 3.38. The highest BCUT2D eigenvalue weighted by molar-refractivity contribution is 5.77. The number of carbonyl (C=O) groups is 1. The van der Waals surface area contributed by atoms with Crippen LogP contribution < -0.4 is 11.0 Å². The van der Waals surface area contributed by atoms with Crippen molar-refractivity contribution in [2.75, 3.05) is 6.54 Å². The first-order valence-corrected chi connectivity index (χ1v) is 8.75. The lowest BCUT2D eigenvalue weighted by Crippen LogP contribution is -2.28. The summed E-state index contributed by atoms with van der Waals surface area (Å²) in [4.78, 5) is 24.4. The number of imidazole rings is 1. The maximum Gasteiger partial charge on any atom is 0.328 e. The van der Waals surface area contributed by atoms with Crippen LogP contribution in [0.5, 0.6) is 0 Å². The van der Waals surface area contributed by atoms with Crippen molar-refractivity contribution in [2.45, 2.75) is 45.1 Å². The van der Waals surface area contributed by atoms with Crippen molar-refractivity contribution in [3.8, 4) is 0 Å². The lowest BCUT2D eigenvalue weighted by molar-refractivity contribution is -0.121. The van der Waals surface area contributed by atoms with Crippen LogP contribution in [0.15, 0.2) is 40.7 Å². The van der Waals surface area contributed by atoms with Gasteiger partial charge in [0.05, 0.1) is 11.0 Å². The molecule has 0 unspecified atom stereocenters. The minimum atomic E-state index is -0.0728. The van der Waals surface area contributed by atoms with Gasteiger partial charge in [0.1, 0.15) is 0 Å². The molecule has 0 saturated heterocycles. The molecular formula is C19H25N3O2. The van der Waals surface area contributed by atoms with Crippen molar-refractivity contribution in [1.29, 1.82) is 0 Å². The van der Waals surface area contributed by atoms with Crippen LogP contribution in [0, 0.1) is 0 Å². The molecule has 3 rings (SSSR count). The third-order valence-electron chi connectivity index (χ3n) is 4.77. The van der Waals surface area contributed by atoms with Crippen LogP contribution in [0.4, 0.5) is 0 Å². The number of hydrogen-bond donors (Lipinski definition) is 1. The number of carbonyl (C=O) groups excluding carboxylic acids is 1. The molecule has 5 nitrogen and oxygen atoms in total. The van der Waals surface area contributed by atoms with E-state index in [0.29, 0.717) is 19.5 Å². The van der Waals surface area contributed by atoms with Crippen LogP contribution in [-0.4, -0.2) is 21.6 Å². The second-order valence-corrected chi connectivity index (χ2v) is 6.44. The van der Waals surface area contributed by atoms with Crippen molar-refractivity contribution in [3.63, 3.8) is 0 Å². The van der Waals surface area contributed by atoms with Gasteiger partial charge in [0.2, 0.25) is 5.91 Å². The lowest BCUT2D eigenvalue weighted by atomic mass is 9.97. The Balaban J connectivity index is 1.54. The number of aryl methyl sites for hydroxylation is 2. The third kappa shape index (κ3) is 3.61. The quantitative estimate of drug-likeness (QED) is 0.830. The number of allylic oxidation sites excluding steroid dienone is 1. The maximum atomic E-state index is 12.3. The largest absolute Gasteiger partial charge is 0.356 e. The van der Waals surface area contributed by atoms with Gasteiger partial charge in [-0.05, 0) is 44.2 Å². The molecule has 0 fully saturated rings. The van der Waals surface area contributed by atoms with E-state index in [1.807, 2.05) is 24.3 Å². The Morgan fingerprint density at radius 1 is 1.21 bits per heavy atom. The van der Waals surface area contributed by atoms with Crippen LogP contribution in [0.2, 0.25) is 0 Å². The van der Waals surface area contributed by atoms with E-state index < -0.39 is 0 Å². The molecule has 0 aliphatic heterocycles. The number of fused-ring (bicyclic) bond motifs is 1. The summed E-state index contributed by atoms with van der Waals surface area (Å²) in [5.74, 6) is 0.00578. The number of benzene rings is 1. The molecule has 1 amide bonds. The zero-order valence-electron chi connectivity index (χ0n) is 14.3. The average molecular weight is 327 g/mol. The van der Waals surface area contributed by atoms with E-state index in [-0.39, 0.29) is 11.6 Å². The third-order valence-corrected chi connectivity index (χ3v) is 4.77. The SMILES string of the molecule is Cn1c(=O)n(CCC(=O)NCCC2=CCCCC2)c2ccccc21. The minimum absolute atomic E-state index is 0.00578. The minimum Gasteiger partial charge on any atom is -0.356 e. The van der Waals surface area contributed by atoms with Crippen LogP contribution in [0.3, 0.4) is 0 Å². The van der Waals surface area contributed by atoms with Gasteiger partial charge in [-0.2, -0.15) is 0 Å². The van der Waals surface area contributed by atoms with E-state index in [1.165, 1.54) is 31.3 Å². The second-order valence-electron chi connectivity index (χ2n) is 6.44. The fraction of sp³-hybridized carbons (Fsp3) is 0.474. The van der Waals surface area contributed by atoms with Crippen molar-refractivity contribution < 1.29 is 4.79 Å². The molecule has 1 aromatic heterocycles. The number of para-hydroxylation sites is 2. The second kappa shape index (κ2) is 7.51. The summed E-state index contributed by atoms with van der Waals surface area (Å²) >= 11 is 0. The molecular weight excluding hydrogens is 302 g/mol. The van der Waals surface area contributed by atoms with Gasteiger partial charge in [-0.15, -0.1) is 0 Å². The molecule has 1 aromatic carbocycles. The molecule has 1 heterocycles. The van der Waals surface area contributed by atoms with E-state index in [1.54, 1.807) is 16.2 Å². The van der Waals surface area contributed by atoms with Gasteiger partial charge in [0, 0.05) is 26.6 Å². The fourth-order valence-corrected chi connectivity index (χ4v) is 3.38. The standard InChI is InChI=1S/C19H25N3O2/c1-21-16-9-5-6-10-17(16)22(19(21)24)14-12-18(23)20-13-11-15-7-3-2-4-8-15/h5-7,9-10H,2-4,8,11-14H2,1H3,(H,20,23). The molecule has 2 aromatic rings. The maximum absolute atomic E-state index is 12.3. The first kappa shape index (κ1) is 16.6. The highest BCUT2D eigenvalue weighted by Crippen LogP contribution is 2.19. The summed E-state index contributed by atoms with van der Waals surface area (Å²) < 4.78 is 3.31. The molecule has 24 heavy (non-hydrogen) atoms. The monoisotopic (exact) mass is 327 g/mol. The van der Waals surface area contributed by atoms with Gasteiger partial charge < -0.3 is 5.32 Å². The van der Waals surface area contributed by atoms with Crippen molar-refractivity contribution >= 4 is 16.9 Å². The highest BCUT2D eigenvalue weighted by atomic mass is 16.2. The van der Waals surface area contributed by atoms with E-state index in [0.717, 1.165) is 17.5 Å². The first-order chi connectivity index (χ1) is 11.7.